The number of halogens is 1. The molecule has 0 spiro atoms. The SMILES string of the molecule is C/C(=N\NC(=O)CSc1nc2ccccc2[nH]1)c1ccccc1Cl. The lowest BCUT2D eigenvalue weighted by molar-refractivity contribution is -0.118. The third-order valence-electron chi connectivity index (χ3n) is 3.32. The normalized spacial score (nSPS) is 11.7. The average Bonchev–Trinajstić information content (AvgIpc) is 3.01. The number of thioether (sulfide) groups is 1. The summed E-state index contributed by atoms with van der Waals surface area (Å²) < 4.78 is 0. The number of hydrogen-bond donors (Lipinski definition) is 2. The van der Waals surface area contributed by atoms with Crippen LogP contribution in [0.1, 0.15) is 12.5 Å². The van der Waals surface area contributed by atoms with Gasteiger partial charge in [0, 0.05) is 10.6 Å². The summed E-state index contributed by atoms with van der Waals surface area (Å²) in [6, 6.07) is 15.1. The van der Waals surface area contributed by atoms with Gasteiger partial charge in [0.1, 0.15) is 0 Å². The van der Waals surface area contributed by atoms with E-state index in [0.29, 0.717) is 15.9 Å². The van der Waals surface area contributed by atoms with Crippen LogP contribution in [0.3, 0.4) is 0 Å². The molecule has 0 unspecified atom stereocenters. The van der Waals surface area contributed by atoms with Crippen LogP contribution in [-0.4, -0.2) is 27.3 Å². The molecule has 0 aliphatic heterocycles. The molecule has 0 fully saturated rings. The molecule has 1 amide bonds. The molecule has 1 aromatic heterocycles. The Bertz CT molecular complexity index is 873. The lowest BCUT2D eigenvalue weighted by atomic mass is 10.1. The fraction of sp³-hybridized carbons (Fsp3) is 0.118. The van der Waals surface area contributed by atoms with Gasteiger partial charge >= 0.3 is 0 Å². The monoisotopic (exact) mass is 358 g/mol. The summed E-state index contributed by atoms with van der Waals surface area (Å²) in [6.45, 7) is 1.80. The highest BCUT2D eigenvalue weighted by Gasteiger charge is 2.07. The molecule has 1 heterocycles. The highest BCUT2D eigenvalue weighted by Crippen LogP contribution is 2.19. The van der Waals surface area contributed by atoms with Crippen molar-refractivity contribution in [2.24, 2.45) is 5.10 Å². The zero-order valence-electron chi connectivity index (χ0n) is 12.9. The van der Waals surface area contributed by atoms with Gasteiger partial charge < -0.3 is 4.98 Å². The van der Waals surface area contributed by atoms with E-state index in [1.54, 1.807) is 13.0 Å². The van der Waals surface area contributed by atoms with E-state index in [1.165, 1.54) is 11.8 Å². The Kier molecular flexibility index (Phi) is 5.17. The number of aromatic nitrogens is 2. The molecule has 0 aliphatic carbocycles. The second kappa shape index (κ2) is 7.51. The molecule has 0 saturated heterocycles. The number of hydrazone groups is 1. The number of para-hydroxylation sites is 2. The van der Waals surface area contributed by atoms with Crippen molar-refractivity contribution in [1.82, 2.24) is 15.4 Å². The van der Waals surface area contributed by atoms with Crippen LogP contribution in [0.4, 0.5) is 0 Å². The van der Waals surface area contributed by atoms with Crippen molar-refractivity contribution in [3.63, 3.8) is 0 Å². The van der Waals surface area contributed by atoms with Crippen molar-refractivity contribution >= 4 is 46.0 Å². The van der Waals surface area contributed by atoms with E-state index < -0.39 is 0 Å². The molecular weight excluding hydrogens is 344 g/mol. The molecule has 122 valence electrons. The fourth-order valence-electron chi connectivity index (χ4n) is 2.12. The summed E-state index contributed by atoms with van der Waals surface area (Å²) in [5, 5.41) is 5.41. The average molecular weight is 359 g/mol. The first kappa shape index (κ1) is 16.5. The van der Waals surface area contributed by atoms with Crippen molar-refractivity contribution < 1.29 is 4.79 Å². The molecule has 3 aromatic rings. The maximum Gasteiger partial charge on any atom is 0.250 e. The van der Waals surface area contributed by atoms with Gasteiger partial charge in [-0.15, -0.1) is 0 Å². The molecule has 7 heteroatoms. The van der Waals surface area contributed by atoms with E-state index >= 15 is 0 Å². The predicted molar refractivity (Wildman–Crippen MR) is 98.6 cm³/mol. The lowest BCUT2D eigenvalue weighted by Crippen LogP contribution is -2.21. The molecule has 0 aliphatic rings. The number of benzene rings is 2. The van der Waals surface area contributed by atoms with Crippen LogP contribution in [-0.2, 0) is 4.79 Å². The van der Waals surface area contributed by atoms with Gasteiger partial charge in [-0.3, -0.25) is 4.79 Å². The van der Waals surface area contributed by atoms with Crippen LogP contribution in [0.25, 0.3) is 11.0 Å². The minimum Gasteiger partial charge on any atom is -0.333 e. The van der Waals surface area contributed by atoms with Crippen LogP contribution in [0.2, 0.25) is 5.02 Å². The molecule has 5 nitrogen and oxygen atoms in total. The summed E-state index contributed by atoms with van der Waals surface area (Å²) in [5.74, 6) is 0.0194. The second-order valence-electron chi connectivity index (χ2n) is 5.06. The molecule has 0 radical (unpaired) electrons. The van der Waals surface area contributed by atoms with E-state index in [1.807, 2.05) is 42.5 Å². The van der Waals surface area contributed by atoms with E-state index in [0.717, 1.165) is 16.6 Å². The summed E-state index contributed by atoms with van der Waals surface area (Å²) in [4.78, 5) is 19.5. The zero-order valence-corrected chi connectivity index (χ0v) is 14.5. The van der Waals surface area contributed by atoms with Gasteiger partial charge in [-0.2, -0.15) is 5.10 Å². The Labute approximate surface area is 148 Å². The third-order valence-corrected chi connectivity index (χ3v) is 4.52. The summed E-state index contributed by atoms with van der Waals surface area (Å²) in [7, 11) is 0. The van der Waals surface area contributed by atoms with Crippen LogP contribution < -0.4 is 5.43 Å². The second-order valence-corrected chi connectivity index (χ2v) is 6.43. The number of nitrogens with one attached hydrogen (secondary N) is 2. The van der Waals surface area contributed by atoms with Gasteiger partial charge in [0.05, 0.1) is 22.5 Å². The van der Waals surface area contributed by atoms with Crippen molar-refractivity contribution in [3.8, 4) is 0 Å². The first-order valence-electron chi connectivity index (χ1n) is 7.29. The van der Waals surface area contributed by atoms with E-state index in [-0.39, 0.29) is 11.7 Å². The van der Waals surface area contributed by atoms with E-state index in [2.05, 4.69) is 20.5 Å². The maximum absolute atomic E-state index is 11.9. The molecular formula is C17H15ClN4OS. The molecule has 2 N–H and O–H groups in total. The summed E-state index contributed by atoms with van der Waals surface area (Å²) in [6.07, 6.45) is 0. The minimum absolute atomic E-state index is 0.202. The van der Waals surface area contributed by atoms with Gasteiger partial charge in [0.2, 0.25) is 0 Å². The topological polar surface area (TPSA) is 70.1 Å². The first-order valence-corrected chi connectivity index (χ1v) is 8.65. The largest absolute Gasteiger partial charge is 0.333 e. The molecule has 2 aromatic carbocycles. The molecule has 3 rings (SSSR count). The van der Waals surface area contributed by atoms with Gasteiger partial charge in [0.15, 0.2) is 5.16 Å². The number of carbonyl (C=O) groups excluding carboxylic acids is 1. The molecule has 24 heavy (non-hydrogen) atoms. The summed E-state index contributed by atoms with van der Waals surface area (Å²) in [5.41, 5.74) is 5.83. The minimum atomic E-state index is -0.202. The number of aromatic amines is 1. The number of rotatable bonds is 5. The third kappa shape index (κ3) is 3.96. The highest BCUT2D eigenvalue weighted by atomic mass is 35.5. The van der Waals surface area contributed by atoms with Crippen molar-refractivity contribution in [3.05, 3.63) is 59.1 Å². The Morgan fingerprint density at radius 2 is 2.00 bits per heavy atom. The number of H-pyrrole nitrogens is 1. The Morgan fingerprint density at radius 1 is 1.25 bits per heavy atom. The van der Waals surface area contributed by atoms with Crippen molar-refractivity contribution in [2.75, 3.05) is 5.75 Å². The first-order chi connectivity index (χ1) is 11.6. The van der Waals surface area contributed by atoms with Crippen molar-refractivity contribution in [2.45, 2.75) is 12.1 Å². The van der Waals surface area contributed by atoms with Gasteiger partial charge in [-0.25, -0.2) is 10.4 Å². The number of carbonyl (C=O) groups is 1. The quantitative estimate of drug-likeness (QED) is 0.413. The number of imidazole rings is 1. The number of hydrogen-bond acceptors (Lipinski definition) is 4. The molecule has 0 saturated carbocycles. The Hall–Kier alpha value is -2.31. The number of fused-ring (bicyclic) bond motifs is 1. The predicted octanol–water partition coefficient (Wildman–Crippen LogP) is 3.85. The Balaban J connectivity index is 1.57. The van der Waals surface area contributed by atoms with Crippen LogP contribution in [0.5, 0.6) is 0 Å². The van der Waals surface area contributed by atoms with E-state index in [4.69, 9.17) is 11.6 Å². The highest BCUT2D eigenvalue weighted by molar-refractivity contribution is 7.99. The zero-order chi connectivity index (χ0) is 16.9. The Morgan fingerprint density at radius 3 is 2.79 bits per heavy atom. The van der Waals surface area contributed by atoms with Gasteiger partial charge in [-0.1, -0.05) is 53.7 Å². The number of nitrogens with zero attached hydrogens (tertiary/aromatic N) is 2. The van der Waals surface area contributed by atoms with Crippen LogP contribution in [0, 0.1) is 0 Å². The molecule has 0 bridgehead atoms. The molecule has 0 atom stereocenters. The van der Waals surface area contributed by atoms with E-state index in [9.17, 15) is 4.79 Å². The van der Waals surface area contributed by atoms with Gasteiger partial charge in [-0.05, 0) is 25.1 Å². The van der Waals surface area contributed by atoms with Crippen LogP contribution >= 0.6 is 23.4 Å². The lowest BCUT2D eigenvalue weighted by Gasteiger charge is -2.04. The standard InChI is InChI=1S/C17H15ClN4OS/c1-11(12-6-2-3-7-13(12)18)21-22-16(23)10-24-17-19-14-8-4-5-9-15(14)20-17/h2-9H,10H2,1H3,(H,19,20)(H,22,23)/b21-11+. The van der Waals surface area contributed by atoms with Crippen molar-refractivity contribution in [1.29, 1.82) is 0 Å². The number of amides is 1. The van der Waals surface area contributed by atoms with Crippen LogP contribution in [0.15, 0.2) is 58.8 Å². The summed E-state index contributed by atoms with van der Waals surface area (Å²) >= 11 is 7.44. The smallest absolute Gasteiger partial charge is 0.250 e. The maximum atomic E-state index is 11.9. The fourth-order valence-corrected chi connectivity index (χ4v) is 3.07. The van der Waals surface area contributed by atoms with Gasteiger partial charge in [0.25, 0.3) is 5.91 Å².